The first-order valence-corrected chi connectivity index (χ1v) is 14.9. The Bertz CT molecular complexity index is 555. The van der Waals surface area contributed by atoms with E-state index in [2.05, 4.69) is 6.58 Å². The molecule has 0 aromatic heterocycles. The summed E-state index contributed by atoms with van der Waals surface area (Å²) in [5, 5.41) is 0. The third kappa shape index (κ3) is 40.7. The molecule has 0 spiro atoms. The standard InChI is InChI=1S/C29H56O14/c1-3-4-31-5-6-32-7-8-33-9-10-34-11-12-35-13-14-36-15-16-37-17-18-38-19-20-39-21-22-40-23-24-41-25-26-42-27-28-43-29(2)30/h3H,1,4-28H2,2H3. The highest BCUT2D eigenvalue weighted by molar-refractivity contribution is 5.65. The Balaban J connectivity index is 3.04. The molecule has 0 bridgehead atoms. The van der Waals surface area contributed by atoms with E-state index in [4.69, 9.17) is 61.6 Å². The summed E-state index contributed by atoms with van der Waals surface area (Å²) in [5.41, 5.74) is 0. The highest BCUT2D eigenvalue weighted by atomic mass is 16.6. The average Bonchev–Trinajstić information content (AvgIpc) is 3.00. The lowest BCUT2D eigenvalue weighted by atomic mass is 10.6. The van der Waals surface area contributed by atoms with E-state index in [1.807, 2.05) is 0 Å². The minimum atomic E-state index is -0.312. The third-order valence-corrected chi connectivity index (χ3v) is 4.86. The van der Waals surface area contributed by atoms with Gasteiger partial charge in [-0.2, -0.15) is 0 Å². The summed E-state index contributed by atoms with van der Waals surface area (Å²) in [5.74, 6) is -0.312. The van der Waals surface area contributed by atoms with Gasteiger partial charge in [0.2, 0.25) is 0 Å². The molecule has 256 valence electrons. The molecule has 0 aromatic rings. The van der Waals surface area contributed by atoms with Crippen molar-refractivity contribution >= 4 is 5.97 Å². The predicted molar refractivity (Wildman–Crippen MR) is 157 cm³/mol. The Hall–Kier alpha value is -1.27. The molecule has 14 nitrogen and oxygen atoms in total. The second-order valence-electron chi connectivity index (χ2n) is 8.44. The fourth-order valence-corrected chi connectivity index (χ4v) is 2.83. The predicted octanol–water partition coefficient (Wildman–Crippen LogP) is 0.935. The Morgan fingerprint density at radius 3 is 0.744 bits per heavy atom. The minimum absolute atomic E-state index is 0.257. The first kappa shape index (κ1) is 41.7. The number of carbonyl (C=O) groups is 1. The largest absolute Gasteiger partial charge is 0.463 e. The van der Waals surface area contributed by atoms with Gasteiger partial charge < -0.3 is 61.6 Å². The number of esters is 1. The second-order valence-corrected chi connectivity index (χ2v) is 8.44. The monoisotopic (exact) mass is 628 g/mol. The molecule has 0 fully saturated rings. The molecule has 0 radical (unpaired) electrons. The molecule has 0 N–H and O–H groups in total. The molecule has 43 heavy (non-hydrogen) atoms. The van der Waals surface area contributed by atoms with Crippen LogP contribution in [0.25, 0.3) is 0 Å². The molecular weight excluding hydrogens is 572 g/mol. The zero-order valence-corrected chi connectivity index (χ0v) is 26.2. The normalized spacial score (nSPS) is 11.3. The molecule has 0 aliphatic rings. The van der Waals surface area contributed by atoms with Gasteiger partial charge in [-0.25, -0.2) is 0 Å². The smallest absolute Gasteiger partial charge is 0.302 e. The van der Waals surface area contributed by atoms with Crippen LogP contribution in [-0.2, 0) is 66.4 Å². The summed E-state index contributed by atoms with van der Waals surface area (Å²) < 4.78 is 69.5. The van der Waals surface area contributed by atoms with Gasteiger partial charge in [0.05, 0.1) is 159 Å². The molecule has 0 aliphatic heterocycles. The first-order valence-electron chi connectivity index (χ1n) is 14.9. The number of hydrogen-bond donors (Lipinski definition) is 0. The summed E-state index contributed by atoms with van der Waals surface area (Å²) in [6, 6.07) is 0. The summed E-state index contributed by atoms with van der Waals surface area (Å²) in [6.07, 6.45) is 1.71. The van der Waals surface area contributed by atoms with Crippen LogP contribution >= 0.6 is 0 Å². The number of ether oxygens (including phenoxy) is 13. The molecular formula is C29H56O14. The van der Waals surface area contributed by atoms with E-state index < -0.39 is 0 Å². The SMILES string of the molecule is C=CCOCCOCCOCCOCCOCCOCCOCCOCCOCCOCCOCCOCCOC(C)=O. The minimum Gasteiger partial charge on any atom is -0.463 e. The van der Waals surface area contributed by atoms with Crippen molar-refractivity contribution in [3.8, 4) is 0 Å². The van der Waals surface area contributed by atoms with E-state index in [1.54, 1.807) is 6.08 Å². The molecule has 0 aliphatic carbocycles. The van der Waals surface area contributed by atoms with Crippen LogP contribution < -0.4 is 0 Å². The van der Waals surface area contributed by atoms with Gasteiger partial charge in [-0.1, -0.05) is 6.08 Å². The van der Waals surface area contributed by atoms with Crippen molar-refractivity contribution in [3.63, 3.8) is 0 Å². The van der Waals surface area contributed by atoms with Gasteiger partial charge in [-0.15, -0.1) is 6.58 Å². The van der Waals surface area contributed by atoms with E-state index in [0.717, 1.165) is 0 Å². The lowest BCUT2D eigenvalue weighted by Crippen LogP contribution is -2.15. The Morgan fingerprint density at radius 1 is 0.372 bits per heavy atom. The Morgan fingerprint density at radius 2 is 0.558 bits per heavy atom. The highest BCUT2D eigenvalue weighted by Crippen LogP contribution is 1.87. The van der Waals surface area contributed by atoms with Crippen LogP contribution in [-0.4, -0.2) is 171 Å². The van der Waals surface area contributed by atoms with Crippen LogP contribution in [0.1, 0.15) is 6.92 Å². The van der Waals surface area contributed by atoms with Gasteiger partial charge in [0.25, 0.3) is 0 Å². The molecule has 0 amide bonds. The van der Waals surface area contributed by atoms with Gasteiger partial charge in [0, 0.05) is 6.92 Å². The van der Waals surface area contributed by atoms with Gasteiger partial charge in [-0.3, -0.25) is 4.79 Å². The van der Waals surface area contributed by atoms with Crippen LogP contribution in [0, 0.1) is 0 Å². The lowest BCUT2D eigenvalue weighted by Gasteiger charge is -2.09. The topological polar surface area (TPSA) is 137 Å². The molecule has 0 saturated carbocycles. The number of carbonyl (C=O) groups excluding carboxylic acids is 1. The zero-order valence-electron chi connectivity index (χ0n) is 26.2. The summed E-state index contributed by atoms with van der Waals surface area (Å²) in [4.78, 5) is 10.6. The van der Waals surface area contributed by atoms with E-state index in [0.29, 0.717) is 159 Å². The molecule has 0 heterocycles. The zero-order chi connectivity index (χ0) is 31.2. The molecule has 14 heteroatoms. The third-order valence-electron chi connectivity index (χ3n) is 4.86. The van der Waals surface area contributed by atoms with Crippen molar-refractivity contribution in [2.45, 2.75) is 6.92 Å². The molecule has 0 saturated heterocycles. The maximum absolute atomic E-state index is 10.6. The fraction of sp³-hybridized carbons (Fsp3) is 0.897. The van der Waals surface area contributed by atoms with Gasteiger partial charge in [0.1, 0.15) is 6.61 Å². The van der Waals surface area contributed by atoms with E-state index in [1.165, 1.54) is 6.92 Å². The van der Waals surface area contributed by atoms with Crippen LogP contribution in [0.2, 0.25) is 0 Å². The van der Waals surface area contributed by atoms with Crippen molar-refractivity contribution in [2.24, 2.45) is 0 Å². The van der Waals surface area contributed by atoms with Gasteiger partial charge in [-0.05, 0) is 0 Å². The van der Waals surface area contributed by atoms with Gasteiger partial charge in [0.15, 0.2) is 0 Å². The van der Waals surface area contributed by atoms with Crippen LogP contribution in [0.15, 0.2) is 12.7 Å². The van der Waals surface area contributed by atoms with Crippen molar-refractivity contribution < 1.29 is 66.4 Å². The quantitative estimate of drug-likeness (QED) is 0.0545. The summed E-state index contributed by atoms with van der Waals surface area (Å²) in [6.45, 7) is 17.2. The number of rotatable bonds is 38. The summed E-state index contributed by atoms with van der Waals surface area (Å²) >= 11 is 0. The molecule has 0 unspecified atom stereocenters. The highest BCUT2D eigenvalue weighted by Gasteiger charge is 1.97. The maximum atomic E-state index is 10.6. The van der Waals surface area contributed by atoms with Crippen LogP contribution in [0.5, 0.6) is 0 Å². The second kappa shape index (κ2) is 38.8. The molecule has 0 rings (SSSR count). The van der Waals surface area contributed by atoms with Gasteiger partial charge >= 0.3 is 5.97 Å². The van der Waals surface area contributed by atoms with Crippen molar-refractivity contribution in [1.82, 2.24) is 0 Å². The van der Waals surface area contributed by atoms with Crippen molar-refractivity contribution in [1.29, 1.82) is 0 Å². The first-order chi connectivity index (χ1) is 21.3. The average molecular weight is 629 g/mol. The Kier molecular flexibility index (Phi) is 37.6. The number of hydrogen-bond acceptors (Lipinski definition) is 14. The molecule has 0 aromatic carbocycles. The van der Waals surface area contributed by atoms with Crippen molar-refractivity contribution in [2.75, 3.05) is 165 Å². The van der Waals surface area contributed by atoms with E-state index in [9.17, 15) is 4.79 Å². The van der Waals surface area contributed by atoms with Crippen LogP contribution in [0.3, 0.4) is 0 Å². The summed E-state index contributed by atoms with van der Waals surface area (Å²) in [7, 11) is 0. The van der Waals surface area contributed by atoms with Crippen molar-refractivity contribution in [3.05, 3.63) is 12.7 Å². The fourth-order valence-electron chi connectivity index (χ4n) is 2.83. The Labute approximate surface area is 257 Å². The molecule has 0 atom stereocenters. The maximum Gasteiger partial charge on any atom is 0.302 e. The van der Waals surface area contributed by atoms with E-state index in [-0.39, 0.29) is 12.6 Å². The van der Waals surface area contributed by atoms with Crippen LogP contribution in [0.4, 0.5) is 0 Å². The van der Waals surface area contributed by atoms with E-state index >= 15 is 0 Å². The lowest BCUT2D eigenvalue weighted by molar-refractivity contribution is -0.142.